The summed E-state index contributed by atoms with van der Waals surface area (Å²) < 4.78 is 1.84. The molecule has 1 aromatic carbocycles. The van der Waals surface area contributed by atoms with Gasteiger partial charge in [-0.05, 0) is 37.5 Å². The zero-order valence-corrected chi connectivity index (χ0v) is 15.0. The molecule has 1 aliphatic heterocycles. The van der Waals surface area contributed by atoms with Gasteiger partial charge in [-0.15, -0.1) is 5.10 Å². The molecule has 0 fully saturated rings. The van der Waals surface area contributed by atoms with E-state index in [4.69, 9.17) is 10.1 Å². The molecule has 0 amide bonds. The summed E-state index contributed by atoms with van der Waals surface area (Å²) in [6, 6.07) is 11.8. The highest BCUT2D eigenvalue weighted by Gasteiger charge is 2.36. The smallest absolute Gasteiger partial charge is 0.226 e. The lowest BCUT2D eigenvalue weighted by Crippen LogP contribution is -2.31. The molecule has 3 heterocycles. The summed E-state index contributed by atoms with van der Waals surface area (Å²) in [5.41, 5.74) is 4.93. The molecule has 0 spiro atoms. The number of aromatic nitrogens is 4. The van der Waals surface area contributed by atoms with Gasteiger partial charge in [-0.1, -0.05) is 29.8 Å². The maximum atomic E-state index is 12.8. The quantitative estimate of drug-likeness (QED) is 0.757. The van der Waals surface area contributed by atoms with Crippen molar-refractivity contribution < 1.29 is 4.79 Å². The lowest BCUT2D eigenvalue weighted by Gasteiger charge is -2.32. The second-order valence-corrected chi connectivity index (χ2v) is 7.05. The SMILES string of the molecule is Cc1ccc(-c2nc3n(n2)C(c2ccncc2)C2=C(CCCC2=O)N3)cc1. The lowest BCUT2D eigenvalue weighted by molar-refractivity contribution is -0.116. The van der Waals surface area contributed by atoms with Crippen LogP contribution in [0, 0.1) is 6.92 Å². The highest BCUT2D eigenvalue weighted by Crippen LogP contribution is 2.40. The number of ketones is 1. The number of Topliss-reactive ketones (excluding diaryl/α,β-unsaturated/α-hetero) is 1. The van der Waals surface area contributed by atoms with Crippen LogP contribution in [0.3, 0.4) is 0 Å². The molecule has 2 aromatic heterocycles. The first-order valence-electron chi connectivity index (χ1n) is 9.17. The number of nitrogens with zero attached hydrogens (tertiary/aromatic N) is 4. The van der Waals surface area contributed by atoms with E-state index in [1.54, 1.807) is 12.4 Å². The molecule has 6 heteroatoms. The molecular weight excluding hydrogens is 338 g/mol. The minimum atomic E-state index is -0.265. The molecule has 0 saturated carbocycles. The van der Waals surface area contributed by atoms with Crippen LogP contribution in [0.5, 0.6) is 0 Å². The number of allylic oxidation sites excluding steroid dienone is 2. The average Bonchev–Trinajstić information content (AvgIpc) is 3.11. The van der Waals surface area contributed by atoms with E-state index in [1.807, 2.05) is 28.9 Å². The van der Waals surface area contributed by atoms with Crippen molar-refractivity contribution in [2.45, 2.75) is 32.2 Å². The summed E-state index contributed by atoms with van der Waals surface area (Å²) >= 11 is 0. The van der Waals surface area contributed by atoms with Gasteiger partial charge in [0.05, 0.1) is 0 Å². The largest absolute Gasteiger partial charge is 0.328 e. The number of rotatable bonds is 2. The molecule has 3 aromatic rings. The number of nitrogens with one attached hydrogen (secondary N) is 1. The molecule has 6 nitrogen and oxygen atoms in total. The van der Waals surface area contributed by atoms with E-state index in [0.29, 0.717) is 18.2 Å². The molecule has 27 heavy (non-hydrogen) atoms. The van der Waals surface area contributed by atoms with E-state index >= 15 is 0 Å². The van der Waals surface area contributed by atoms with Crippen molar-refractivity contribution >= 4 is 11.7 Å². The summed E-state index contributed by atoms with van der Waals surface area (Å²) in [4.78, 5) is 21.6. The second-order valence-electron chi connectivity index (χ2n) is 7.05. The molecular formula is C21H19N5O. The number of carbonyl (C=O) groups is 1. The average molecular weight is 357 g/mol. The monoisotopic (exact) mass is 357 g/mol. The van der Waals surface area contributed by atoms with E-state index in [1.165, 1.54) is 5.56 Å². The van der Waals surface area contributed by atoms with Crippen LogP contribution in [-0.2, 0) is 4.79 Å². The zero-order valence-electron chi connectivity index (χ0n) is 15.0. The normalized spacial score (nSPS) is 18.7. The Morgan fingerprint density at radius 2 is 1.85 bits per heavy atom. The number of aryl methyl sites for hydroxylation is 1. The maximum absolute atomic E-state index is 12.8. The van der Waals surface area contributed by atoms with Crippen LogP contribution >= 0.6 is 0 Å². The van der Waals surface area contributed by atoms with Gasteiger partial charge in [0.1, 0.15) is 6.04 Å². The predicted molar refractivity (Wildman–Crippen MR) is 102 cm³/mol. The predicted octanol–water partition coefficient (Wildman–Crippen LogP) is 3.67. The third kappa shape index (κ3) is 2.65. The fourth-order valence-corrected chi connectivity index (χ4v) is 3.84. The fraction of sp³-hybridized carbons (Fsp3) is 0.238. The number of hydrogen-bond acceptors (Lipinski definition) is 5. The van der Waals surface area contributed by atoms with Gasteiger partial charge in [0.15, 0.2) is 11.6 Å². The van der Waals surface area contributed by atoms with Crippen LogP contribution in [0.1, 0.15) is 36.4 Å². The molecule has 1 atom stereocenters. The zero-order chi connectivity index (χ0) is 18.4. The van der Waals surface area contributed by atoms with Gasteiger partial charge in [-0.3, -0.25) is 9.78 Å². The topological polar surface area (TPSA) is 72.7 Å². The number of benzene rings is 1. The highest BCUT2D eigenvalue weighted by molar-refractivity contribution is 5.99. The standard InChI is InChI=1S/C21H19N5O/c1-13-5-7-15(8-6-13)20-24-21-23-16-3-2-4-17(27)18(16)19(26(21)25-20)14-9-11-22-12-10-14/h5-12,19H,2-4H2,1H3,(H,23,24,25). The van der Waals surface area contributed by atoms with Crippen LogP contribution in [-0.4, -0.2) is 25.5 Å². The van der Waals surface area contributed by atoms with Crippen LogP contribution in [0.4, 0.5) is 5.95 Å². The van der Waals surface area contributed by atoms with Gasteiger partial charge in [0, 0.05) is 35.6 Å². The molecule has 2 aliphatic rings. The Hall–Kier alpha value is -3.28. The number of carbonyl (C=O) groups excluding carboxylic acids is 1. The van der Waals surface area contributed by atoms with Gasteiger partial charge < -0.3 is 5.32 Å². The van der Waals surface area contributed by atoms with Gasteiger partial charge in [0.25, 0.3) is 0 Å². The first-order chi connectivity index (χ1) is 13.2. The van der Waals surface area contributed by atoms with Crippen molar-refractivity contribution in [3.05, 3.63) is 71.2 Å². The molecule has 0 bridgehead atoms. The van der Waals surface area contributed by atoms with Gasteiger partial charge in [-0.2, -0.15) is 4.98 Å². The summed E-state index contributed by atoms with van der Waals surface area (Å²) in [6.07, 6.45) is 5.81. The van der Waals surface area contributed by atoms with Gasteiger partial charge >= 0.3 is 0 Å². The van der Waals surface area contributed by atoms with E-state index in [-0.39, 0.29) is 11.8 Å². The van der Waals surface area contributed by atoms with Crippen molar-refractivity contribution in [2.24, 2.45) is 0 Å². The number of fused-ring (bicyclic) bond motifs is 1. The summed E-state index contributed by atoms with van der Waals surface area (Å²) in [6.45, 7) is 2.06. The number of anilines is 1. The molecule has 1 N–H and O–H groups in total. The summed E-state index contributed by atoms with van der Waals surface area (Å²) in [5.74, 6) is 1.52. The van der Waals surface area contributed by atoms with E-state index < -0.39 is 0 Å². The van der Waals surface area contributed by atoms with Crippen molar-refractivity contribution in [1.29, 1.82) is 0 Å². The maximum Gasteiger partial charge on any atom is 0.226 e. The van der Waals surface area contributed by atoms with Crippen LogP contribution in [0.2, 0.25) is 0 Å². The van der Waals surface area contributed by atoms with Crippen LogP contribution in [0.15, 0.2) is 60.1 Å². The number of hydrogen-bond donors (Lipinski definition) is 1. The Morgan fingerprint density at radius 3 is 2.63 bits per heavy atom. The van der Waals surface area contributed by atoms with Gasteiger partial charge in [-0.25, -0.2) is 4.68 Å². The highest BCUT2D eigenvalue weighted by atomic mass is 16.1. The summed E-state index contributed by atoms with van der Waals surface area (Å²) in [5, 5.41) is 8.13. The third-order valence-electron chi connectivity index (χ3n) is 5.20. The minimum Gasteiger partial charge on any atom is -0.328 e. The Balaban J connectivity index is 1.67. The molecule has 134 valence electrons. The Bertz CT molecular complexity index is 1050. The third-order valence-corrected chi connectivity index (χ3v) is 5.20. The van der Waals surface area contributed by atoms with Crippen LogP contribution < -0.4 is 5.32 Å². The fourth-order valence-electron chi connectivity index (χ4n) is 3.84. The minimum absolute atomic E-state index is 0.184. The lowest BCUT2D eigenvalue weighted by atomic mass is 9.86. The van der Waals surface area contributed by atoms with Crippen LogP contribution in [0.25, 0.3) is 11.4 Å². The Morgan fingerprint density at radius 1 is 1.07 bits per heavy atom. The first kappa shape index (κ1) is 15.9. The molecule has 0 radical (unpaired) electrons. The van der Waals surface area contributed by atoms with E-state index in [2.05, 4.69) is 29.4 Å². The van der Waals surface area contributed by atoms with Gasteiger partial charge in [0.2, 0.25) is 5.95 Å². The first-order valence-corrected chi connectivity index (χ1v) is 9.17. The molecule has 1 unspecified atom stereocenters. The molecule has 1 aliphatic carbocycles. The van der Waals surface area contributed by atoms with Crippen molar-refractivity contribution in [2.75, 3.05) is 5.32 Å². The Kier molecular flexibility index (Phi) is 3.63. The summed E-state index contributed by atoms with van der Waals surface area (Å²) in [7, 11) is 0. The molecule has 0 saturated heterocycles. The molecule has 5 rings (SSSR count). The second kappa shape index (κ2) is 6.16. The Labute approximate surface area is 157 Å². The van der Waals surface area contributed by atoms with E-state index in [9.17, 15) is 4.79 Å². The van der Waals surface area contributed by atoms with Crippen molar-refractivity contribution in [3.63, 3.8) is 0 Å². The number of pyridine rings is 1. The van der Waals surface area contributed by atoms with Crippen molar-refractivity contribution in [1.82, 2.24) is 19.7 Å². The van der Waals surface area contributed by atoms with Crippen molar-refractivity contribution in [3.8, 4) is 11.4 Å². The van der Waals surface area contributed by atoms with E-state index in [0.717, 1.165) is 35.2 Å².